The highest BCUT2D eigenvalue weighted by atomic mass is 16.6. The molecule has 2 unspecified atom stereocenters. The third kappa shape index (κ3) is 7.25. The van der Waals surface area contributed by atoms with Crippen LogP contribution >= 0.6 is 0 Å². The molecule has 4 aromatic carbocycles. The van der Waals surface area contributed by atoms with E-state index < -0.39 is 11.9 Å². The molecule has 7 rings (SSSR count). The van der Waals surface area contributed by atoms with Crippen LogP contribution in [0.5, 0.6) is 23.0 Å². The van der Waals surface area contributed by atoms with E-state index in [1.54, 1.807) is 48.5 Å². The maximum atomic E-state index is 12.9. The summed E-state index contributed by atoms with van der Waals surface area (Å²) in [6, 6.07) is 25.4. The summed E-state index contributed by atoms with van der Waals surface area (Å²) in [5, 5.41) is 0. The van der Waals surface area contributed by atoms with Gasteiger partial charge in [-0.2, -0.15) is 0 Å². The summed E-state index contributed by atoms with van der Waals surface area (Å²) < 4.78 is 33.5. The number of carbonyl (C=O) groups is 2. The zero-order chi connectivity index (χ0) is 31.5. The van der Waals surface area contributed by atoms with E-state index in [0.717, 1.165) is 72.6 Å². The van der Waals surface area contributed by atoms with Crippen molar-refractivity contribution >= 4 is 11.9 Å². The average Bonchev–Trinajstić information content (AvgIpc) is 4.02. The second-order valence-corrected chi connectivity index (χ2v) is 11.9. The van der Waals surface area contributed by atoms with Crippen molar-refractivity contribution in [3.05, 3.63) is 107 Å². The molecule has 0 aromatic heterocycles. The first kappa shape index (κ1) is 30.0. The lowest BCUT2D eigenvalue weighted by molar-refractivity contribution is 0.0725. The van der Waals surface area contributed by atoms with Crippen molar-refractivity contribution < 1.29 is 38.0 Å². The Labute approximate surface area is 268 Å². The second kappa shape index (κ2) is 13.4. The molecule has 0 bridgehead atoms. The van der Waals surface area contributed by atoms with Crippen LogP contribution in [0.1, 0.15) is 70.4 Å². The maximum Gasteiger partial charge on any atom is 0.343 e. The van der Waals surface area contributed by atoms with Gasteiger partial charge in [0, 0.05) is 5.92 Å². The number of ether oxygens (including phenoxy) is 6. The molecule has 2 heterocycles. The molecule has 236 valence electrons. The first-order valence-electron chi connectivity index (χ1n) is 15.9. The minimum atomic E-state index is -0.432. The molecule has 8 heteroatoms. The van der Waals surface area contributed by atoms with E-state index in [-0.39, 0.29) is 5.92 Å². The van der Waals surface area contributed by atoms with Gasteiger partial charge < -0.3 is 28.4 Å². The van der Waals surface area contributed by atoms with E-state index in [1.165, 1.54) is 0 Å². The van der Waals surface area contributed by atoms with Gasteiger partial charge in [-0.1, -0.05) is 19.1 Å². The van der Waals surface area contributed by atoms with Crippen molar-refractivity contribution in [2.45, 2.75) is 50.7 Å². The lowest BCUT2D eigenvalue weighted by Gasteiger charge is -2.11. The number of hydrogen-bond acceptors (Lipinski definition) is 8. The van der Waals surface area contributed by atoms with Crippen LogP contribution in [0.25, 0.3) is 11.1 Å². The van der Waals surface area contributed by atoms with E-state index in [4.69, 9.17) is 28.4 Å². The molecule has 0 N–H and O–H groups in total. The molecular formula is C38H36O8. The summed E-state index contributed by atoms with van der Waals surface area (Å²) >= 11 is 0. The van der Waals surface area contributed by atoms with Crippen molar-refractivity contribution in [2.75, 3.05) is 26.4 Å². The van der Waals surface area contributed by atoms with Crippen LogP contribution in [0.3, 0.4) is 0 Å². The van der Waals surface area contributed by atoms with Gasteiger partial charge in [0.05, 0.1) is 49.8 Å². The third-order valence-electron chi connectivity index (χ3n) is 8.55. The summed E-state index contributed by atoms with van der Waals surface area (Å²) in [5.41, 5.74) is 5.12. The van der Waals surface area contributed by atoms with Crippen molar-refractivity contribution in [1.29, 1.82) is 0 Å². The molecule has 0 saturated carbocycles. The number of carbonyl (C=O) groups excluding carboxylic acids is 2. The molecule has 2 saturated heterocycles. The number of benzene rings is 4. The standard InChI is InChI=1S/C38H36O8/c1-24-35-20-29(45-37(39)25-6-10-27(11-7-25)41-18-2-4-31-22-43-31)14-16-33(35)34-17-15-30(21-36(24)34)46-38(40)26-8-12-28(13-9-26)42-19-3-5-32-23-44-32/h6-17,20-21,24,31-32H,2-5,18-19,22-23H2,1H3. The highest BCUT2D eigenvalue weighted by molar-refractivity contribution is 5.92. The summed E-state index contributed by atoms with van der Waals surface area (Å²) in [5.74, 6) is 1.54. The molecule has 2 atom stereocenters. The normalized spacial score (nSPS) is 18.7. The highest BCUT2D eigenvalue weighted by Gasteiger charge is 2.27. The van der Waals surface area contributed by atoms with Crippen molar-refractivity contribution in [2.24, 2.45) is 0 Å². The van der Waals surface area contributed by atoms with E-state index in [9.17, 15) is 9.59 Å². The Morgan fingerprint density at radius 2 is 1.00 bits per heavy atom. The van der Waals surface area contributed by atoms with Crippen LogP contribution in [-0.4, -0.2) is 50.6 Å². The SMILES string of the molecule is CC1c2cc(OC(=O)c3ccc(OCCCC4CO4)cc3)ccc2-c2ccc(OC(=O)c3ccc(OCCCC4CO4)cc3)cc21. The van der Waals surface area contributed by atoms with Crippen molar-refractivity contribution in [3.8, 4) is 34.1 Å². The van der Waals surface area contributed by atoms with Crippen LogP contribution < -0.4 is 18.9 Å². The number of rotatable bonds is 14. The minimum Gasteiger partial charge on any atom is -0.494 e. The van der Waals surface area contributed by atoms with Crippen LogP contribution in [0.15, 0.2) is 84.9 Å². The zero-order valence-corrected chi connectivity index (χ0v) is 25.7. The lowest BCUT2D eigenvalue weighted by Crippen LogP contribution is -2.09. The van der Waals surface area contributed by atoms with Gasteiger partial charge in [0.25, 0.3) is 0 Å². The fourth-order valence-corrected chi connectivity index (χ4v) is 5.76. The predicted molar refractivity (Wildman–Crippen MR) is 171 cm³/mol. The van der Waals surface area contributed by atoms with Gasteiger partial charge in [-0.3, -0.25) is 0 Å². The van der Waals surface area contributed by atoms with Gasteiger partial charge in [0.15, 0.2) is 0 Å². The molecule has 1 aliphatic carbocycles. The Morgan fingerprint density at radius 3 is 1.39 bits per heavy atom. The molecule has 0 radical (unpaired) electrons. The Kier molecular flexibility index (Phi) is 8.72. The van der Waals surface area contributed by atoms with E-state index in [2.05, 4.69) is 6.92 Å². The molecule has 4 aromatic rings. The Balaban J connectivity index is 0.937. The van der Waals surface area contributed by atoms with Gasteiger partial charge in [-0.25, -0.2) is 9.59 Å². The summed E-state index contributed by atoms with van der Waals surface area (Å²) in [7, 11) is 0. The number of epoxide rings is 2. The van der Waals surface area contributed by atoms with Crippen LogP contribution in [-0.2, 0) is 9.47 Å². The third-order valence-corrected chi connectivity index (χ3v) is 8.55. The minimum absolute atomic E-state index is 0.0214. The van der Waals surface area contributed by atoms with E-state index >= 15 is 0 Å². The second-order valence-electron chi connectivity index (χ2n) is 11.9. The van der Waals surface area contributed by atoms with Crippen LogP contribution in [0.4, 0.5) is 0 Å². The van der Waals surface area contributed by atoms with E-state index in [0.29, 0.717) is 48.0 Å². The highest BCUT2D eigenvalue weighted by Crippen LogP contribution is 2.47. The smallest absolute Gasteiger partial charge is 0.343 e. The molecule has 8 nitrogen and oxygen atoms in total. The number of hydrogen-bond donors (Lipinski definition) is 0. The fourth-order valence-electron chi connectivity index (χ4n) is 5.76. The zero-order valence-electron chi connectivity index (χ0n) is 25.7. The quantitative estimate of drug-likeness (QED) is 0.0624. The fraction of sp³-hybridized carbons (Fsp3) is 0.316. The number of fused-ring (bicyclic) bond motifs is 3. The molecule has 0 spiro atoms. The molecule has 2 fully saturated rings. The Bertz CT molecular complexity index is 1580. The van der Waals surface area contributed by atoms with E-state index in [1.807, 2.05) is 36.4 Å². The molecule has 3 aliphatic rings. The first-order chi connectivity index (χ1) is 22.5. The molecule has 2 aliphatic heterocycles. The molecule has 46 heavy (non-hydrogen) atoms. The first-order valence-corrected chi connectivity index (χ1v) is 15.9. The Hall–Kier alpha value is -4.66. The van der Waals surface area contributed by atoms with Gasteiger partial charge in [0.1, 0.15) is 23.0 Å². The topological polar surface area (TPSA) is 96.1 Å². The average molecular weight is 621 g/mol. The summed E-state index contributed by atoms with van der Waals surface area (Å²) in [6.07, 6.45) is 4.68. The summed E-state index contributed by atoms with van der Waals surface area (Å²) in [6.45, 7) is 5.04. The largest absolute Gasteiger partial charge is 0.494 e. The Morgan fingerprint density at radius 1 is 0.609 bits per heavy atom. The monoisotopic (exact) mass is 620 g/mol. The predicted octanol–water partition coefficient (Wildman–Crippen LogP) is 7.37. The summed E-state index contributed by atoms with van der Waals surface area (Å²) in [4.78, 5) is 25.8. The van der Waals surface area contributed by atoms with Gasteiger partial charge in [0.2, 0.25) is 0 Å². The van der Waals surface area contributed by atoms with Crippen LogP contribution in [0, 0.1) is 0 Å². The van der Waals surface area contributed by atoms with Gasteiger partial charge in [-0.05, 0) is 121 Å². The van der Waals surface area contributed by atoms with Gasteiger partial charge in [-0.15, -0.1) is 0 Å². The lowest BCUT2D eigenvalue weighted by atomic mass is 9.99. The molecule has 0 amide bonds. The van der Waals surface area contributed by atoms with Gasteiger partial charge >= 0.3 is 11.9 Å². The number of esters is 2. The maximum absolute atomic E-state index is 12.9. The van der Waals surface area contributed by atoms with Crippen molar-refractivity contribution in [1.82, 2.24) is 0 Å². The van der Waals surface area contributed by atoms with Crippen molar-refractivity contribution in [3.63, 3.8) is 0 Å². The van der Waals surface area contributed by atoms with Crippen LogP contribution in [0.2, 0.25) is 0 Å². The molecular weight excluding hydrogens is 584 g/mol.